The van der Waals surface area contributed by atoms with Crippen LogP contribution in [-0.4, -0.2) is 24.2 Å². The monoisotopic (exact) mass is 303 g/mol. The Morgan fingerprint density at radius 2 is 2.29 bits per heavy atom. The van der Waals surface area contributed by atoms with Crippen LogP contribution in [-0.2, 0) is 4.79 Å². The molecular formula is C16H21N3OS. The number of hydrogen-bond donors (Lipinski definition) is 2. The van der Waals surface area contributed by atoms with Crippen molar-refractivity contribution >= 4 is 23.4 Å². The van der Waals surface area contributed by atoms with Gasteiger partial charge in [0.1, 0.15) is 6.07 Å². The lowest BCUT2D eigenvalue weighted by atomic mass is 10.2. The maximum absolute atomic E-state index is 11.6. The molecule has 0 aromatic heterocycles. The van der Waals surface area contributed by atoms with E-state index in [1.165, 1.54) is 0 Å². The fourth-order valence-electron chi connectivity index (χ4n) is 2.07. The zero-order valence-corrected chi connectivity index (χ0v) is 13.1. The van der Waals surface area contributed by atoms with Gasteiger partial charge in [0.2, 0.25) is 5.91 Å². The average molecular weight is 303 g/mol. The van der Waals surface area contributed by atoms with Crippen LogP contribution in [0.5, 0.6) is 0 Å². The lowest BCUT2D eigenvalue weighted by molar-refractivity contribution is -0.121. The summed E-state index contributed by atoms with van der Waals surface area (Å²) in [6, 6.07) is 8.55. The van der Waals surface area contributed by atoms with Crippen LogP contribution in [0.4, 0.5) is 5.69 Å². The van der Waals surface area contributed by atoms with E-state index >= 15 is 0 Å². The van der Waals surface area contributed by atoms with Gasteiger partial charge >= 0.3 is 0 Å². The van der Waals surface area contributed by atoms with E-state index < -0.39 is 0 Å². The quantitative estimate of drug-likeness (QED) is 0.572. The number of nitrogens with zero attached hydrogens (tertiary/aromatic N) is 1. The van der Waals surface area contributed by atoms with Crippen LogP contribution in [0.3, 0.4) is 0 Å². The number of benzene rings is 1. The van der Waals surface area contributed by atoms with Gasteiger partial charge in [-0.1, -0.05) is 13.0 Å². The highest BCUT2D eigenvalue weighted by atomic mass is 32.2. The maximum atomic E-state index is 11.6. The maximum Gasteiger partial charge on any atom is 0.220 e. The number of hydrogen-bond acceptors (Lipinski definition) is 4. The standard InChI is InChI=1S/C16H21N3OS/c1-2-21-15-6-3-5-14(13(15)11-17)18-10-4-7-16(20)19-12-8-9-12/h3,5-6,12,18H,2,4,7-10H2,1H3,(H,19,20). The Morgan fingerprint density at radius 3 is 2.95 bits per heavy atom. The third kappa shape index (κ3) is 4.98. The molecule has 1 aliphatic carbocycles. The van der Waals surface area contributed by atoms with Crippen molar-refractivity contribution in [3.05, 3.63) is 23.8 Å². The Bertz CT molecular complexity index is 535. The minimum Gasteiger partial charge on any atom is -0.384 e. The van der Waals surface area contributed by atoms with Gasteiger partial charge in [-0.25, -0.2) is 0 Å². The highest BCUT2D eigenvalue weighted by Gasteiger charge is 2.22. The summed E-state index contributed by atoms with van der Waals surface area (Å²) in [5.41, 5.74) is 1.56. The van der Waals surface area contributed by atoms with Crippen LogP contribution in [0.15, 0.2) is 23.1 Å². The predicted molar refractivity (Wildman–Crippen MR) is 86.4 cm³/mol. The van der Waals surface area contributed by atoms with Crippen molar-refractivity contribution in [2.45, 2.75) is 43.5 Å². The Hall–Kier alpha value is -1.67. The minimum atomic E-state index is 0.134. The van der Waals surface area contributed by atoms with Gasteiger partial charge in [-0.15, -0.1) is 11.8 Å². The summed E-state index contributed by atoms with van der Waals surface area (Å²) in [4.78, 5) is 12.6. The Kier molecular flexibility index (Phi) is 5.94. The first-order valence-corrected chi connectivity index (χ1v) is 8.42. The summed E-state index contributed by atoms with van der Waals surface area (Å²) >= 11 is 1.67. The molecule has 2 N–H and O–H groups in total. The second-order valence-corrected chi connectivity index (χ2v) is 6.40. The van der Waals surface area contributed by atoms with E-state index in [2.05, 4.69) is 23.6 Å². The number of nitriles is 1. The summed E-state index contributed by atoms with van der Waals surface area (Å²) in [7, 11) is 0. The van der Waals surface area contributed by atoms with Crippen LogP contribution in [0.2, 0.25) is 0 Å². The number of carbonyl (C=O) groups is 1. The molecule has 21 heavy (non-hydrogen) atoms. The fourth-order valence-corrected chi connectivity index (χ4v) is 2.85. The molecule has 0 unspecified atom stereocenters. The van der Waals surface area contributed by atoms with E-state index in [9.17, 15) is 10.1 Å². The van der Waals surface area contributed by atoms with E-state index in [-0.39, 0.29) is 5.91 Å². The first kappa shape index (κ1) is 15.7. The molecule has 0 spiro atoms. The molecule has 4 nitrogen and oxygen atoms in total. The molecule has 1 fully saturated rings. The zero-order valence-electron chi connectivity index (χ0n) is 12.3. The number of thioether (sulfide) groups is 1. The fraction of sp³-hybridized carbons (Fsp3) is 0.500. The van der Waals surface area contributed by atoms with Gasteiger partial charge in [0.05, 0.1) is 11.3 Å². The van der Waals surface area contributed by atoms with E-state index in [0.29, 0.717) is 24.6 Å². The van der Waals surface area contributed by atoms with Crippen molar-refractivity contribution < 1.29 is 4.79 Å². The molecule has 1 saturated carbocycles. The first-order chi connectivity index (χ1) is 10.2. The van der Waals surface area contributed by atoms with Gasteiger partial charge in [-0.05, 0) is 37.1 Å². The van der Waals surface area contributed by atoms with E-state index in [4.69, 9.17) is 0 Å². The van der Waals surface area contributed by atoms with Crippen LogP contribution < -0.4 is 10.6 Å². The highest BCUT2D eigenvalue weighted by Crippen LogP contribution is 2.27. The molecule has 112 valence electrons. The molecule has 0 radical (unpaired) electrons. The normalized spacial score (nSPS) is 13.5. The summed E-state index contributed by atoms with van der Waals surface area (Å²) < 4.78 is 0. The Morgan fingerprint density at radius 1 is 1.48 bits per heavy atom. The molecule has 1 aromatic rings. The third-order valence-corrected chi connectivity index (χ3v) is 4.22. The number of rotatable bonds is 8. The lowest BCUT2D eigenvalue weighted by Crippen LogP contribution is -2.25. The molecule has 0 bridgehead atoms. The lowest BCUT2D eigenvalue weighted by Gasteiger charge is -2.11. The van der Waals surface area contributed by atoms with Gasteiger partial charge < -0.3 is 10.6 Å². The van der Waals surface area contributed by atoms with Crippen molar-refractivity contribution in [3.63, 3.8) is 0 Å². The second-order valence-electron chi connectivity index (χ2n) is 5.10. The van der Waals surface area contributed by atoms with Crippen molar-refractivity contribution in [2.75, 3.05) is 17.6 Å². The number of anilines is 1. The minimum absolute atomic E-state index is 0.134. The van der Waals surface area contributed by atoms with E-state index in [0.717, 1.165) is 35.6 Å². The van der Waals surface area contributed by atoms with Gasteiger partial charge in [0.25, 0.3) is 0 Å². The molecule has 1 aliphatic rings. The SMILES string of the molecule is CCSc1cccc(NCCCC(=O)NC2CC2)c1C#N. The molecular weight excluding hydrogens is 282 g/mol. The molecule has 2 rings (SSSR count). The molecule has 0 heterocycles. The smallest absolute Gasteiger partial charge is 0.220 e. The van der Waals surface area contributed by atoms with Crippen molar-refractivity contribution in [2.24, 2.45) is 0 Å². The third-order valence-electron chi connectivity index (χ3n) is 3.28. The van der Waals surface area contributed by atoms with E-state index in [1.54, 1.807) is 11.8 Å². The van der Waals surface area contributed by atoms with Crippen LogP contribution in [0.25, 0.3) is 0 Å². The highest BCUT2D eigenvalue weighted by molar-refractivity contribution is 7.99. The van der Waals surface area contributed by atoms with Gasteiger partial charge in [0, 0.05) is 23.9 Å². The van der Waals surface area contributed by atoms with Gasteiger partial charge in [0.15, 0.2) is 0 Å². The van der Waals surface area contributed by atoms with Gasteiger partial charge in [-0.3, -0.25) is 4.79 Å². The number of nitrogens with one attached hydrogen (secondary N) is 2. The molecule has 5 heteroatoms. The van der Waals surface area contributed by atoms with Crippen molar-refractivity contribution in [1.29, 1.82) is 5.26 Å². The summed E-state index contributed by atoms with van der Waals surface area (Å²) in [5.74, 6) is 1.08. The largest absolute Gasteiger partial charge is 0.384 e. The molecule has 0 atom stereocenters. The number of carbonyl (C=O) groups excluding carboxylic acids is 1. The second kappa shape index (κ2) is 7.94. The topological polar surface area (TPSA) is 64.9 Å². The first-order valence-electron chi connectivity index (χ1n) is 7.43. The van der Waals surface area contributed by atoms with Crippen molar-refractivity contribution in [3.8, 4) is 6.07 Å². The van der Waals surface area contributed by atoms with Gasteiger partial charge in [-0.2, -0.15) is 5.26 Å². The predicted octanol–water partition coefficient (Wildman–Crippen LogP) is 3.14. The average Bonchev–Trinajstić information content (AvgIpc) is 3.28. The zero-order chi connectivity index (χ0) is 15.1. The van der Waals surface area contributed by atoms with Crippen LogP contribution in [0, 0.1) is 11.3 Å². The molecule has 1 aromatic carbocycles. The Labute approximate surface area is 130 Å². The number of amides is 1. The van der Waals surface area contributed by atoms with Crippen LogP contribution in [0.1, 0.15) is 38.2 Å². The summed E-state index contributed by atoms with van der Waals surface area (Å²) in [6.07, 6.45) is 3.55. The van der Waals surface area contributed by atoms with Crippen LogP contribution >= 0.6 is 11.8 Å². The van der Waals surface area contributed by atoms with E-state index in [1.807, 2.05) is 18.2 Å². The summed E-state index contributed by atoms with van der Waals surface area (Å²) in [6.45, 7) is 2.78. The molecule has 1 amide bonds. The summed E-state index contributed by atoms with van der Waals surface area (Å²) in [5, 5.41) is 15.6. The molecule has 0 aliphatic heterocycles. The Balaban J connectivity index is 1.80. The molecule has 0 saturated heterocycles. The van der Waals surface area contributed by atoms with Crippen molar-refractivity contribution in [1.82, 2.24) is 5.32 Å².